The molecule has 4 heteroatoms. The zero-order chi connectivity index (χ0) is 16.4. The molecule has 0 saturated heterocycles. The fourth-order valence-electron chi connectivity index (χ4n) is 2.83. The molecule has 0 fully saturated rings. The molecular formula is C20H16INO2. The highest BCUT2D eigenvalue weighted by molar-refractivity contribution is 14.1. The SMILES string of the molecule is Ic1ccccc1OCCN1c2ccccc2Oc2ccccc21. The van der Waals surface area contributed by atoms with Crippen LogP contribution in [0.5, 0.6) is 17.2 Å². The molecule has 3 aromatic rings. The molecule has 0 unspecified atom stereocenters. The first-order valence-corrected chi connectivity index (χ1v) is 8.91. The molecule has 0 aromatic heterocycles. The van der Waals surface area contributed by atoms with Crippen LogP contribution >= 0.6 is 22.6 Å². The zero-order valence-electron chi connectivity index (χ0n) is 13.0. The van der Waals surface area contributed by atoms with Gasteiger partial charge in [-0.2, -0.15) is 0 Å². The van der Waals surface area contributed by atoms with Gasteiger partial charge in [-0.15, -0.1) is 0 Å². The van der Waals surface area contributed by atoms with Crippen LogP contribution in [0.3, 0.4) is 0 Å². The summed E-state index contributed by atoms with van der Waals surface area (Å²) in [5, 5.41) is 0. The highest BCUT2D eigenvalue weighted by atomic mass is 127. The lowest BCUT2D eigenvalue weighted by Crippen LogP contribution is -2.26. The average Bonchev–Trinajstić information content (AvgIpc) is 2.62. The maximum atomic E-state index is 6.01. The lowest BCUT2D eigenvalue weighted by Gasteiger charge is -2.32. The van der Waals surface area contributed by atoms with E-state index in [0.717, 1.165) is 38.7 Å². The van der Waals surface area contributed by atoms with Crippen LogP contribution in [0.2, 0.25) is 0 Å². The van der Waals surface area contributed by atoms with Crippen LogP contribution < -0.4 is 14.4 Å². The summed E-state index contributed by atoms with van der Waals surface area (Å²) in [5.41, 5.74) is 2.14. The van der Waals surface area contributed by atoms with E-state index in [-0.39, 0.29) is 0 Å². The molecule has 3 nitrogen and oxygen atoms in total. The van der Waals surface area contributed by atoms with Gasteiger partial charge in [0.1, 0.15) is 12.4 Å². The van der Waals surface area contributed by atoms with Crippen LogP contribution in [0, 0.1) is 3.57 Å². The predicted octanol–water partition coefficient (Wildman–Crippen LogP) is 5.61. The molecule has 4 rings (SSSR count). The number of ether oxygens (including phenoxy) is 2. The number of fused-ring (bicyclic) bond motifs is 2. The van der Waals surface area contributed by atoms with Crippen molar-refractivity contribution in [3.63, 3.8) is 0 Å². The molecule has 0 bridgehead atoms. The van der Waals surface area contributed by atoms with E-state index >= 15 is 0 Å². The Morgan fingerprint density at radius 1 is 0.792 bits per heavy atom. The first-order chi connectivity index (χ1) is 11.8. The summed E-state index contributed by atoms with van der Waals surface area (Å²) in [5.74, 6) is 2.68. The van der Waals surface area contributed by atoms with Crippen molar-refractivity contribution in [2.45, 2.75) is 0 Å². The van der Waals surface area contributed by atoms with Crippen molar-refractivity contribution in [1.29, 1.82) is 0 Å². The Hall–Kier alpha value is -2.21. The second-order valence-corrected chi connectivity index (χ2v) is 6.63. The molecule has 0 saturated carbocycles. The van der Waals surface area contributed by atoms with E-state index in [1.165, 1.54) is 0 Å². The molecular weight excluding hydrogens is 413 g/mol. The Kier molecular flexibility index (Phi) is 4.30. The fraction of sp³-hybridized carbons (Fsp3) is 0.100. The lowest BCUT2D eigenvalue weighted by atomic mass is 10.1. The summed E-state index contributed by atoms with van der Waals surface area (Å²) in [7, 11) is 0. The first kappa shape index (κ1) is 15.3. The molecule has 0 spiro atoms. The van der Waals surface area contributed by atoms with Gasteiger partial charge in [-0.3, -0.25) is 0 Å². The number of anilines is 2. The minimum atomic E-state index is 0.600. The Morgan fingerprint density at radius 3 is 2.04 bits per heavy atom. The number of nitrogens with zero attached hydrogens (tertiary/aromatic N) is 1. The fourth-order valence-corrected chi connectivity index (χ4v) is 3.37. The highest BCUT2D eigenvalue weighted by Gasteiger charge is 2.23. The van der Waals surface area contributed by atoms with E-state index in [1.807, 2.05) is 54.6 Å². The highest BCUT2D eigenvalue weighted by Crippen LogP contribution is 2.45. The quantitative estimate of drug-likeness (QED) is 0.503. The Labute approximate surface area is 155 Å². The number of para-hydroxylation sites is 5. The molecule has 0 atom stereocenters. The van der Waals surface area contributed by atoms with Crippen LogP contribution in [0.25, 0.3) is 0 Å². The number of rotatable bonds is 4. The van der Waals surface area contributed by atoms with Gasteiger partial charge in [0.2, 0.25) is 0 Å². The zero-order valence-corrected chi connectivity index (χ0v) is 15.1. The van der Waals surface area contributed by atoms with Crippen molar-refractivity contribution >= 4 is 34.0 Å². The van der Waals surface area contributed by atoms with Gasteiger partial charge in [-0.1, -0.05) is 36.4 Å². The van der Waals surface area contributed by atoms with Crippen LogP contribution in [0.4, 0.5) is 11.4 Å². The maximum absolute atomic E-state index is 6.01. The number of hydrogen-bond donors (Lipinski definition) is 0. The third-order valence-electron chi connectivity index (χ3n) is 3.94. The van der Waals surface area contributed by atoms with Gasteiger partial charge in [0.05, 0.1) is 21.5 Å². The van der Waals surface area contributed by atoms with Crippen molar-refractivity contribution < 1.29 is 9.47 Å². The maximum Gasteiger partial charge on any atom is 0.151 e. The third kappa shape index (κ3) is 2.94. The number of benzene rings is 3. The molecule has 120 valence electrons. The summed E-state index contributed by atoms with van der Waals surface area (Å²) in [4.78, 5) is 2.25. The molecule has 1 aliphatic heterocycles. The van der Waals surface area contributed by atoms with E-state index in [0.29, 0.717) is 6.61 Å². The van der Waals surface area contributed by atoms with Gasteiger partial charge in [0, 0.05) is 0 Å². The largest absolute Gasteiger partial charge is 0.491 e. The molecule has 24 heavy (non-hydrogen) atoms. The monoisotopic (exact) mass is 429 g/mol. The second kappa shape index (κ2) is 6.73. The molecule has 0 radical (unpaired) electrons. The molecule has 1 aliphatic rings. The summed E-state index contributed by atoms with van der Waals surface area (Å²) in [6.45, 7) is 1.35. The van der Waals surface area contributed by atoms with Crippen molar-refractivity contribution in [2.75, 3.05) is 18.1 Å². The van der Waals surface area contributed by atoms with Gasteiger partial charge in [-0.25, -0.2) is 0 Å². The molecule has 3 aromatic carbocycles. The molecule has 1 heterocycles. The molecule has 0 aliphatic carbocycles. The normalized spacial score (nSPS) is 12.1. The minimum absolute atomic E-state index is 0.600. The van der Waals surface area contributed by atoms with E-state index in [2.05, 4.69) is 45.7 Å². The molecule has 0 amide bonds. The second-order valence-electron chi connectivity index (χ2n) is 5.47. The van der Waals surface area contributed by atoms with Gasteiger partial charge in [0.25, 0.3) is 0 Å². The van der Waals surface area contributed by atoms with Crippen LogP contribution in [0.1, 0.15) is 0 Å². The minimum Gasteiger partial charge on any atom is -0.491 e. The third-order valence-corrected chi connectivity index (χ3v) is 4.83. The van der Waals surface area contributed by atoms with Gasteiger partial charge >= 0.3 is 0 Å². The van der Waals surface area contributed by atoms with Crippen molar-refractivity contribution in [1.82, 2.24) is 0 Å². The first-order valence-electron chi connectivity index (χ1n) is 7.84. The molecule has 0 N–H and O–H groups in total. The van der Waals surface area contributed by atoms with Gasteiger partial charge in [0.15, 0.2) is 11.5 Å². The van der Waals surface area contributed by atoms with Crippen LogP contribution in [-0.2, 0) is 0 Å². The van der Waals surface area contributed by atoms with Crippen molar-refractivity contribution in [3.05, 3.63) is 76.4 Å². The lowest BCUT2D eigenvalue weighted by molar-refractivity contribution is 0.324. The van der Waals surface area contributed by atoms with Crippen molar-refractivity contribution in [2.24, 2.45) is 0 Å². The predicted molar refractivity (Wildman–Crippen MR) is 105 cm³/mol. The topological polar surface area (TPSA) is 21.7 Å². The summed E-state index contributed by atoms with van der Waals surface area (Å²) < 4.78 is 13.1. The van der Waals surface area contributed by atoms with Crippen LogP contribution in [0.15, 0.2) is 72.8 Å². The summed E-state index contributed by atoms with van der Waals surface area (Å²) in [6.07, 6.45) is 0. The van der Waals surface area contributed by atoms with Crippen molar-refractivity contribution in [3.8, 4) is 17.2 Å². The van der Waals surface area contributed by atoms with E-state index in [9.17, 15) is 0 Å². The standard InChI is InChI=1S/C20H16INO2/c21-15-7-1-4-10-18(15)23-14-13-22-16-8-2-5-11-19(16)24-20-12-6-3-9-17(20)22/h1-12H,13-14H2. The Bertz CT molecular complexity index is 820. The van der Waals surface area contributed by atoms with E-state index in [4.69, 9.17) is 9.47 Å². The number of hydrogen-bond acceptors (Lipinski definition) is 3. The van der Waals surface area contributed by atoms with Gasteiger partial charge in [-0.05, 0) is 59.0 Å². The van der Waals surface area contributed by atoms with Gasteiger partial charge < -0.3 is 14.4 Å². The smallest absolute Gasteiger partial charge is 0.151 e. The summed E-state index contributed by atoms with van der Waals surface area (Å²) in [6, 6.07) is 24.3. The summed E-state index contributed by atoms with van der Waals surface area (Å²) >= 11 is 2.30. The van der Waals surface area contributed by atoms with E-state index < -0.39 is 0 Å². The Balaban J connectivity index is 1.57. The Morgan fingerprint density at radius 2 is 1.38 bits per heavy atom. The average molecular weight is 429 g/mol. The van der Waals surface area contributed by atoms with Crippen LogP contribution in [-0.4, -0.2) is 13.2 Å². The number of halogens is 1. The van der Waals surface area contributed by atoms with E-state index in [1.54, 1.807) is 0 Å².